The summed E-state index contributed by atoms with van der Waals surface area (Å²) in [4.78, 5) is 4.34. The average molecular weight is 242 g/mol. The van der Waals surface area contributed by atoms with Crippen LogP contribution in [-0.4, -0.2) is 22.2 Å². The Balaban J connectivity index is 2.23. The van der Waals surface area contributed by atoms with Crippen LogP contribution >= 0.6 is 11.3 Å². The normalized spacial score (nSPS) is 10.6. The lowest BCUT2D eigenvalue weighted by atomic mass is 10.1. The summed E-state index contributed by atoms with van der Waals surface area (Å²) in [7, 11) is 1.84. The van der Waals surface area contributed by atoms with Crippen molar-refractivity contribution in [1.29, 1.82) is 0 Å². The fraction of sp³-hybridized carbons (Fsp3) is 0.0833. The molecule has 1 N–H and O–H groups in total. The van der Waals surface area contributed by atoms with Crippen LogP contribution in [0.25, 0.3) is 21.5 Å². The van der Waals surface area contributed by atoms with E-state index in [-0.39, 0.29) is 0 Å². The lowest BCUT2D eigenvalue weighted by Gasteiger charge is -2.01. The molecule has 0 saturated heterocycles. The Bertz CT molecular complexity index is 657. The van der Waals surface area contributed by atoms with Crippen LogP contribution in [0.1, 0.15) is 0 Å². The van der Waals surface area contributed by atoms with E-state index in [1.807, 2.05) is 31.3 Å². The van der Waals surface area contributed by atoms with Gasteiger partial charge in [0.1, 0.15) is 5.01 Å². The molecule has 0 aliphatic heterocycles. The van der Waals surface area contributed by atoms with E-state index in [2.05, 4.69) is 26.6 Å². The van der Waals surface area contributed by atoms with Crippen LogP contribution in [0.2, 0.25) is 0 Å². The van der Waals surface area contributed by atoms with E-state index in [9.17, 15) is 0 Å². The molecule has 4 nitrogen and oxygen atoms in total. The minimum atomic E-state index is 0.820. The van der Waals surface area contributed by atoms with Gasteiger partial charge in [-0.05, 0) is 12.1 Å². The molecule has 2 heterocycles. The molecule has 0 bridgehead atoms. The maximum Gasteiger partial charge on any atom is 0.205 e. The highest BCUT2D eigenvalue weighted by Crippen LogP contribution is 2.31. The van der Waals surface area contributed by atoms with Crippen molar-refractivity contribution in [1.82, 2.24) is 15.2 Å². The Morgan fingerprint density at radius 1 is 1.12 bits per heavy atom. The fourth-order valence-corrected chi connectivity index (χ4v) is 2.46. The fourth-order valence-electron chi connectivity index (χ4n) is 1.72. The van der Waals surface area contributed by atoms with Crippen molar-refractivity contribution < 1.29 is 0 Å². The summed E-state index contributed by atoms with van der Waals surface area (Å²) < 4.78 is 0. The highest BCUT2D eigenvalue weighted by Gasteiger charge is 2.09. The third-order valence-corrected chi connectivity index (χ3v) is 3.49. The predicted molar refractivity (Wildman–Crippen MR) is 70.2 cm³/mol. The molecule has 3 rings (SSSR count). The van der Waals surface area contributed by atoms with Crippen LogP contribution in [-0.2, 0) is 0 Å². The van der Waals surface area contributed by atoms with Gasteiger partial charge in [0, 0.05) is 24.2 Å². The molecule has 1 aromatic carbocycles. The van der Waals surface area contributed by atoms with Gasteiger partial charge in [-0.15, -0.1) is 10.2 Å². The molecule has 0 amide bonds. The molecule has 3 aromatic rings. The topological polar surface area (TPSA) is 50.7 Å². The Morgan fingerprint density at radius 3 is 2.88 bits per heavy atom. The SMILES string of the molecule is CNc1nnc(-c2cccc3ncccc23)s1. The first-order valence-corrected chi connectivity index (χ1v) is 6.05. The van der Waals surface area contributed by atoms with Gasteiger partial charge in [0.2, 0.25) is 5.13 Å². The van der Waals surface area contributed by atoms with Crippen molar-refractivity contribution in [2.45, 2.75) is 0 Å². The van der Waals surface area contributed by atoms with Gasteiger partial charge >= 0.3 is 0 Å². The van der Waals surface area contributed by atoms with Crippen molar-refractivity contribution in [3.05, 3.63) is 36.5 Å². The first-order valence-electron chi connectivity index (χ1n) is 5.24. The molecule has 0 spiro atoms. The van der Waals surface area contributed by atoms with Crippen molar-refractivity contribution in [3.8, 4) is 10.6 Å². The summed E-state index contributed by atoms with van der Waals surface area (Å²) in [5.74, 6) is 0. The summed E-state index contributed by atoms with van der Waals surface area (Å²) in [6.07, 6.45) is 1.80. The summed E-state index contributed by atoms with van der Waals surface area (Å²) in [5, 5.41) is 14.1. The molecule has 0 saturated carbocycles. The molecule has 0 unspecified atom stereocenters. The standard InChI is InChI=1S/C12H10N4S/c1-13-12-16-15-11(17-12)9-4-2-6-10-8(9)5-3-7-14-10/h2-7H,1H3,(H,13,16). The van der Waals surface area contributed by atoms with E-state index in [0.717, 1.165) is 26.6 Å². The smallest absolute Gasteiger partial charge is 0.205 e. The molecular formula is C12H10N4S. The van der Waals surface area contributed by atoms with Gasteiger partial charge in [-0.1, -0.05) is 29.5 Å². The van der Waals surface area contributed by atoms with E-state index in [4.69, 9.17) is 0 Å². The number of nitrogens with zero attached hydrogens (tertiary/aromatic N) is 3. The number of hydrogen-bond donors (Lipinski definition) is 1. The minimum Gasteiger partial charge on any atom is -0.363 e. The Morgan fingerprint density at radius 2 is 2.06 bits per heavy atom. The van der Waals surface area contributed by atoms with Crippen molar-refractivity contribution in [2.75, 3.05) is 12.4 Å². The van der Waals surface area contributed by atoms with Crippen LogP contribution in [0.4, 0.5) is 5.13 Å². The largest absolute Gasteiger partial charge is 0.363 e. The highest BCUT2D eigenvalue weighted by atomic mass is 32.1. The number of hydrogen-bond acceptors (Lipinski definition) is 5. The zero-order valence-electron chi connectivity index (χ0n) is 9.21. The first-order chi connectivity index (χ1) is 8.38. The highest BCUT2D eigenvalue weighted by molar-refractivity contribution is 7.18. The molecule has 17 heavy (non-hydrogen) atoms. The maximum atomic E-state index is 4.34. The molecule has 84 valence electrons. The molecular weight excluding hydrogens is 232 g/mol. The number of benzene rings is 1. The molecule has 5 heteroatoms. The van der Waals surface area contributed by atoms with Crippen molar-refractivity contribution in [2.24, 2.45) is 0 Å². The zero-order chi connectivity index (χ0) is 11.7. The third-order valence-electron chi connectivity index (χ3n) is 2.51. The second kappa shape index (κ2) is 4.10. The summed E-state index contributed by atoms with van der Waals surface area (Å²) in [6, 6.07) is 10.0. The summed E-state index contributed by atoms with van der Waals surface area (Å²) in [5.41, 5.74) is 2.06. The van der Waals surface area contributed by atoms with Gasteiger partial charge in [-0.25, -0.2) is 0 Å². The summed E-state index contributed by atoms with van der Waals surface area (Å²) >= 11 is 1.54. The second-order valence-corrected chi connectivity index (χ2v) is 4.52. The van der Waals surface area contributed by atoms with E-state index >= 15 is 0 Å². The van der Waals surface area contributed by atoms with Gasteiger partial charge in [-0.2, -0.15) is 0 Å². The van der Waals surface area contributed by atoms with Crippen LogP contribution < -0.4 is 5.32 Å². The Kier molecular flexibility index (Phi) is 2.45. The molecule has 0 radical (unpaired) electrons. The third kappa shape index (κ3) is 1.74. The zero-order valence-corrected chi connectivity index (χ0v) is 10.0. The maximum absolute atomic E-state index is 4.34. The van der Waals surface area contributed by atoms with Gasteiger partial charge in [0.25, 0.3) is 0 Å². The van der Waals surface area contributed by atoms with E-state index in [1.165, 1.54) is 11.3 Å². The van der Waals surface area contributed by atoms with Crippen LogP contribution in [0, 0.1) is 0 Å². The van der Waals surface area contributed by atoms with Gasteiger partial charge in [0.05, 0.1) is 5.52 Å². The second-order valence-electron chi connectivity index (χ2n) is 3.54. The number of rotatable bonds is 2. The molecule has 0 fully saturated rings. The average Bonchev–Trinajstić information content (AvgIpc) is 2.87. The molecule has 0 aliphatic carbocycles. The lowest BCUT2D eigenvalue weighted by molar-refractivity contribution is 1.09. The van der Waals surface area contributed by atoms with Crippen molar-refractivity contribution in [3.63, 3.8) is 0 Å². The van der Waals surface area contributed by atoms with Crippen LogP contribution in [0.3, 0.4) is 0 Å². The monoisotopic (exact) mass is 242 g/mol. The summed E-state index contributed by atoms with van der Waals surface area (Å²) in [6.45, 7) is 0. The van der Waals surface area contributed by atoms with E-state index in [1.54, 1.807) is 6.20 Å². The number of aromatic nitrogens is 3. The number of pyridine rings is 1. The minimum absolute atomic E-state index is 0.820. The van der Waals surface area contributed by atoms with Gasteiger partial charge in [-0.3, -0.25) is 4.98 Å². The number of anilines is 1. The van der Waals surface area contributed by atoms with Crippen molar-refractivity contribution >= 4 is 27.4 Å². The van der Waals surface area contributed by atoms with E-state index in [0.29, 0.717) is 0 Å². The lowest BCUT2D eigenvalue weighted by Crippen LogP contribution is -1.84. The molecule has 0 aliphatic rings. The first kappa shape index (κ1) is 10.2. The molecule has 2 aromatic heterocycles. The van der Waals surface area contributed by atoms with Gasteiger partial charge < -0.3 is 5.32 Å². The number of fused-ring (bicyclic) bond motifs is 1. The molecule has 0 atom stereocenters. The van der Waals surface area contributed by atoms with Gasteiger partial charge in [0.15, 0.2) is 0 Å². The quantitative estimate of drug-likeness (QED) is 0.750. The van der Waals surface area contributed by atoms with E-state index < -0.39 is 0 Å². The number of nitrogens with one attached hydrogen (secondary N) is 1. The Hall–Kier alpha value is -2.01. The van der Waals surface area contributed by atoms with Crippen LogP contribution in [0.5, 0.6) is 0 Å². The predicted octanol–water partition coefficient (Wildman–Crippen LogP) is 2.80. The Labute approximate surface area is 102 Å². The van der Waals surface area contributed by atoms with Crippen LogP contribution in [0.15, 0.2) is 36.5 Å².